The minimum absolute atomic E-state index is 0. The van der Waals surface area contributed by atoms with Crippen molar-refractivity contribution in [1.82, 2.24) is 0 Å². The molecule has 0 aromatic heterocycles. The van der Waals surface area contributed by atoms with Crippen LogP contribution in [0.25, 0.3) is 0 Å². The van der Waals surface area contributed by atoms with Crippen molar-refractivity contribution in [3.05, 3.63) is 205 Å². The van der Waals surface area contributed by atoms with E-state index in [1.165, 1.54) is 12.8 Å². The van der Waals surface area contributed by atoms with Crippen molar-refractivity contribution in [3.8, 4) is 0 Å². The van der Waals surface area contributed by atoms with Gasteiger partial charge in [0.2, 0.25) is 0 Å². The number of rotatable bonds is 17. The third-order valence-electron chi connectivity index (χ3n) is 24.9. The predicted octanol–water partition coefficient (Wildman–Crippen LogP) is 12.3. The van der Waals surface area contributed by atoms with Crippen molar-refractivity contribution in [2.24, 2.45) is 142 Å². The fourth-order valence-corrected chi connectivity index (χ4v) is 24.2. The van der Waals surface area contributed by atoms with Crippen LogP contribution in [0.15, 0.2) is 189 Å². The zero-order chi connectivity index (χ0) is 78.0. The third kappa shape index (κ3) is 21.4. The number of aliphatic hydroxyl groups excluding tert-OH is 2. The number of carbonyl (C=O) groups is 4. The van der Waals surface area contributed by atoms with Crippen LogP contribution in [0.2, 0.25) is 0 Å². The number of cyclic esters (lactones) is 4. The SMILES string of the molecule is C=C=CC1C[C@@H](C=C=C)[C@H]2COP(=O)(OCc3ccccc3)OC[C@@H]12.CCOP(=O)(OCC)OCc1ccccc1.O=C1OC(=O)[C@@H]2C3C=C[C@H](C3)[C@H]12.O=C1OC(=O)[C@H]2C3C=C[C@H](C3)[C@@H]12.O=P1(Cl)OC[C@H]2[C@@H]3C=CC(C3)[C@H]2CO1.O=P1(OCc2ccccc2)OC[C@H]2[C@@H]3C=CC(C3)[C@H]2CO1.OC[C@H]1[C@@H]2C=CC(C2)[C@H]1CO.[AlH3].[H-].[Li+]. The van der Waals surface area contributed by atoms with E-state index in [4.69, 9.17) is 71.2 Å². The number of aliphatic hydroxyl groups is 2. The van der Waals surface area contributed by atoms with Crippen LogP contribution in [0, 0.1) is 142 Å². The molecule has 5 saturated heterocycles. The molecule has 0 amide bonds. The number of esters is 4. The Balaban J connectivity index is 0.000000143. The van der Waals surface area contributed by atoms with E-state index in [2.05, 4.69) is 70.6 Å². The molecule has 23 nitrogen and oxygen atoms in total. The monoisotopic (exact) mass is 1660 g/mol. The van der Waals surface area contributed by atoms with Crippen LogP contribution in [0.4, 0.5) is 0 Å². The van der Waals surface area contributed by atoms with Crippen LogP contribution >= 0.6 is 41.7 Å². The summed E-state index contributed by atoms with van der Waals surface area (Å²) in [6.45, 7) is 11.9. The van der Waals surface area contributed by atoms with E-state index < -0.39 is 30.4 Å². The Kier molecular flexibility index (Phi) is 32.0. The van der Waals surface area contributed by atoms with Crippen molar-refractivity contribution < 1.29 is 127 Å². The van der Waals surface area contributed by atoms with Gasteiger partial charge in [-0.15, -0.1) is 11.5 Å². The summed E-state index contributed by atoms with van der Waals surface area (Å²) < 4.78 is 117. The molecule has 19 rings (SSSR count). The molecule has 30 heteroatoms. The van der Waals surface area contributed by atoms with Crippen molar-refractivity contribution in [1.29, 1.82) is 0 Å². The topological polar surface area (TPSA) is 297 Å². The first-order valence-corrected chi connectivity index (χ1v) is 45.7. The number of benzene rings is 3. The van der Waals surface area contributed by atoms with E-state index in [0.717, 1.165) is 42.4 Å². The molecule has 11 aliphatic carbocycles. The fourth-order valence-electron chi connectivity index (χ4n) is 19.4. The van der Waals surface area contributed by atoms with E-state index >= 15 is 0 Å². The number of fused-ring (bicyclic) bond motifs is 23. The predicted molar refractivity (Wildman–Crippen MR) is 421 cm³/mol. The summed E-state index contributed by atoms with van der Waals surface area (Å²) in [4.78, 5) is 44.7. The fraction of sp³-hybridized carbons (Fsp3) is 0.542. The van der Waals surface area contributed by atoms with Crippen LogP contribution in [0.1, 0.15) is 70.5 Å². The Hall–Kier alpha value is -4.50. The van der Waals surface area contributed by atoms with Crippen molar-refractivity contribution >= 4 is 82.9 Å². The number of phosphoric acid groups is 3. The molecule has 6 saturated carbocycles. The average molecular weight is 1660 g/mol. The summed E-state index contributed by atoms with van der Waals surface area (Å²) in [6.07, 6.45) is 32.0. The number of phosphoric ester groups is 3. The van der Waals surface area contributed by atoms with E-state index in [0.29, 0.717) is 124 Å². The summed E-state index contributed by atoms with van der Waals surface area (Å²) in [5, 5.41) is 18.1. The van der Waals surface area contributed by atoms with Gasteiger partial charge in [0.05, 0.1) is 96.3 Å². The quantitative estimate of drug-likeness (QED) is 0.0317. The van der Waals surface area contributed by atoms with Crippen molar-refractivity contribution in [3.63, 3.8) is 0 Å². The van der Waals surface area contributed by atoms with E-state index in [-0.39, 0.29) is 166 Å². The van der Waals surface area contributed by atoms with Crippen LogP contribution in [-0.2, 0) is 116 Å². The molecule has 2 N–H and O–H groups in total. The summed E-state index contributed by atoms with van der Waals surface area (Å²) in [5.74, 6) is 6.03. The van der Waals surface area contributed by atoms with E-state index in [1.54, 1.807) is 13.8 Å². The number of hydrogen-bond acceptors (Lipinski definition) is 23. The molecule has 113 heavy (non-hydrogen) atoms. The molecule has 9 unspecified atom stereocenters. The molecule has 16 aliphatic rings. The molecular weight excluding hydrogens is 1560 g/mol. The molecule has 0 spiro atoms. The van der Waals surface area contributed by atoms with Crippen LogP contribution < -0.4 is 18.9 Å². The first-order chi connectivity index (χ1) is 53.6. The first kappa shape index (κ1) is 89.3. The van der Waals surface area contributed by atoms with Crippen LogP contribution in [-0.4, -0.2) is 118 Å². The van der Waals surface area contributed by atoms with E-state index in [9.17, 15) is 37.4 Å². The van der Waals surface area contributed by atoms with Crippen molar-refractivity contribution in [2.75, 3.05) is 66.1 Å². The Morgan fingerprint density at radius 2 is 0.726 bits per heavy atom. The summed E-state index contributed by atoms with van der Waals surface area (Å²) in [7, 11) is -10.4. The molecule has 3 aromatic carbocycles. The van der Waals surface area contributed by atoms with Crippen LogP contribution in [0.3, 0.4) is 0 Å². The van der Waals surface area contributed by atoms with Crippen molar-refractivity contribution in [2.45, 2.75) is 72.2 Å². The minimum Gasteiger partial charge on any atom is -1.00 e. The summed E-state index contributed by atoms with van der Waals surface area (Å²) in [6, 6.07) is 28.7. The third-order valence-corrected chi connectivity index (χ3v) is 30.7. The van der Waals surface area contributed by atoms with Gasteiger partial charge >= 0.3 is 73.2 Å². The molecule has 5 heterocycles. The zero-order valence-corrected chi connectivity index (χ0v) is 67.8. The van der Waals surface area contributed by atoms with Gasteiger partial charge < -0.3 is 21.1 Å². The molecule has 3 aromatic rings. The molecule has 606 valence electrons. The summed E-state index contributed by atoms with van der Waals surface area (Å²) in [5.41, 5.74) is 8.56. The maximum atomic E-state index is 12.8. The Morgan fingerprint density at radius 3 is 1.04 bits per heavy atom. The summed E-state index contributed by atoms with van der Waals surface area (Å²) >= 11 is 5.59. The second-order valence-electron chi connectivity index (χ2n) is 31.0. The van der Waals surface area contributed by atoms with Gasteiger partial charge in [-0.2, -0.15) is 0 Å². The Labute approximate surface area is 691 Å². The maximum absolute atomic E-state index is 12.8. The molecule has 5 aliphatic heterocycles. The van der Waals surface area contributed by atoms with Gasteiger partial charge in [-0.3, -0.25) is 68.9 Å². The van der Waals surface area contributed by atoms with Gasteiger partial charge in [-0.25, -0.2) is 18.3 Å². The van der Waals surface area contributed by atoms with Gasteiger partial charge in [0.1, 0.15) is 0 Å². The smallest absolute Gasteiger partial charge is 1.00 e. The molecule has 0 radical (unpaired) electrons. The zero-order valence-electron chi connectivity index (χ0n) is 64.4. The number of hydrogen-bond donors (Lipinski definition) is 2. The van der Waals surface area contributed by atoms with Gasteiger partial charge in [0, 0.05) is 24.5 Å². The number of carbonyl (C=O) groups excluding carboxylic acids is 4. The second-order valence-corrected chi connectivity index (χ2v) is 38.6. The standard InChI is InChI=1S/C20H23O4P.C16H19O4P.C11H17O4P.C9H12ClO3P.2C9H8O3.C9H14O2.Al.Li.4H/c1-3-8-17-12-18(9-4-2)20-15-24-25(21,23-14-19(17)20)22-13-16-10-6-5-7-11-16;17-21(18-9-12-4-2-1-3-5-12)19-10-15-13-6-7-14(8-13)16(15)11-20-21;1-3-13-16(12,14-4-2)15-10-11-8-6-5-7-9-11;10-14(11)12-4-8-6-1-2-7(3-6)9(8)5-13-14;2*10-8-6-4-1-2-5(3-4)7(6)9(11)12-8;10-4-8-6-1-2-7(3-6)9(8)5-11;;;;;;/h5-11,17-20H,1-2,12-15H2;1-7,13-16H,8-11H2;5-9H,3-4,10H2,1-2H3;1-2,6-9H,3-5H2;2*1-2,4-7H,3H2;1-2,6-11H,3-5H2;;;;;;/q;;;;;;;;+1;;;;-1/t17-,18?,19-,20+,25?;13-,14?,15+,16-,21?;;6-,7?,8+,9-,14?;4-,5?,6+,7-;4-,5?,6-,7+;6-,7?,8+,9-;;;;;;/m11.1111....../s1. The number of halogens is 1. The van der Waals surface area contributed by atoms with Gasteiger partial charge in [-0.05, 0) is 200 Å². The number of ether oxygens (including phenoxy) is 2. The normalized spacial score (nSPS) is 38.6. The Bertz CT molecular complexity index is 4010. The van der Waals surface area contributed by atoms with Crippen LogP contribution in [0.5, 0.6) is 0 Å². The first-order valence-electron chi connectivity index (χ1n) is 38.8. The van der Waals surface area contributed by atoms with Gasteiger partial charge in [-0.1, -0.05) is 165 Å². The molecular formula is C83H105AlClLiO23P4. The maximum Gasteiger partial charge on any atom is 1.00 e. The van der Waals surface area contributed by atoms with Gasteiger partial charge in [0.15, 0.2) is 17.4 Å². The molecule has 10 bridgehead atoms. The molecule has 11 fully saturated rings. The second kappa shape index (κ2) is 40.5. The van der Waals surface area contributed by atoms with E-state index in [1.807, 2.05) is 127 Å². The minimum atomic E-state index is -3.57. The van der Waals surface area contributed by atoms with Gasteiger partial charge in [0.25, 0.3) is 0 Å². The Morgan fingerprint density at radius 1 is 0.442 bits per heavy atom. The molecule has 27 atom stereocenters. The average Bonchev–Trinajstić information content (AvgIpc) is 1.59. The largest absolute Gasteiger partial charge is 1.00 e. The number of allylic oxidation sites excluding steroid dienone is 12.